The van der Waals surface area contributed by atoms with Crippen LogP contribution in [0.25, 0.3) is 0 Å². The van der Waals surface area contributed by atoms with Crippen LogP contribution in [-0.2, 0) is 14.4 Å². The largest absolute Gasteiger partial charge is 0.616 e. The molecule has 1 saturated heterocycles. The minimum absolute atomic E-state index is 0.865. The molecule has 0 aliphatic carbocycles. The van der Waals surface area contributed by atoms with Crippen LogP contribution >= 0.6 is 0 Å². The first-order valence-electron chi connectivity index (χ1n) is 7.25. The number of quaternary nitrogens is 1. The first-order valence-corrected chi connectivity index (χ1v) is 8.80. The molecule has 0 aromatic rings. The fraction of sp³-hybridized carbons (Fsp3) is 1.00. The predicted molar refractivity (Wildman–Crippen MR) is 74.9 cm³/mol. The molecule has 0 saturated carbocycles. The molecule has 0 unspecified atom stereocenters. The molecule has 4 nitrogen and oxygen atoms in total. The first kappa shape index (κ1) is 22.5. The third-order valence-corrected chi connectivity index (χ3v) is 4.81. The Morgan fingerprint density at radius 2 is 1.57 bits per heavy atom. The molecule has 1 heterocycles. The van der Waals surface area contributed by atoms with E-state index in [2.05, 4.69) is 13.8 Å². The molecule has 140 valence electrons. The molecule has 23 heavy (non-hydrogen) atoms. The number of rotatable bonds is 6. The molecular formula is C11H22BF6NO3S. The average molecular weight is 373 g/mol. The Morgan fingerprint density at radius 3 is 1.83 bits per heavy atom. The molecule has 12 heteroatoms. The Hall–Kier alpha value is -0.485. The number of halogens is 6. The van der Waals surface area contributed by atoms with E-state index in [0.717, 1.165) is 13.3 Å². The van der Waals surface area contributed by atoms with Crippen LogP contribution in [0.15, 0.2) is 0 Å². The maximum atomic E-state index is 11.1. The summed E-state index contributed by atoms with van der Waals surface area (Å²) in [6.07, 6.45) is -2.83. The Morgan fingerprint density at radius 1 is 1.09 bits per heavy atom. The first-order chi connectivity index (χ1) is 10.3. The summed E-state index contributed by atoms with van der Waals surface area (Å²) in [5.41, 5.74) is -6.24. The Bertz CT molecular complexity index is 426. The fourth-order valence-electron chi connectivity index (χ4n) is 2.33. The monoisotopic (exact) mass is 373 g/mol. The molecule has 0 atom stereocenters. The van der Waals surface area contributed by atoms with Crippen molar-refractivity contribution in [2.75, 3.05) is 33.0 Å². The van der Waals surface area contributed by atoms with Crippen molar-refractivity contribution in [1.29, 1.82) is 0 Å². The van der Waals surface area contributed by atoms with Crippen LogP contribution in [0.2, 0.25) is 0 Å². The summed E-state index contributed by atoms with van der Waals surface area (Å²) in [7, 11) is -6.95. The fourth-order valence-corrected chi connectivity index (χ4v) is 2.64. The second-order valence-corrected chi connectivity index (χ2v) is 7.43. The quantitative estimate of drug-likeness (QED) is 0.408. The van der Waals surface area contributed by atoms with Gasteiger partial charge >= 0.3 is 11.8 Å². The van der Waals surface area contributed by atoms with Gasteiger partial charge in [-0.05, 0) is 13.3 Å². The minimum atomic E-state index is -6.95. The summed E-state index contributed by atoms with van der Waals surface area (Å²) in [5.74, 6) is 0. The van der Waals surface area contributed by atoms with E-state index in [1.165, 1.54) is 43.4 Å². The molecule has 0 N–H and O–H groups in total. The van der Waals surface area contributed by atoms with Crippen LogP contribution in [0.5, 0.6) is 0 Å². The van der Waals surface area contributed by atoms with Crippen molar-refractivity contribution in [1.82, 2.24) is 0 Å². The Labute approximate surface area is 132 Å². The lowest BCUT2D eigenvalue weighted by atomic mass is 10.4. The Balaban J connectivity index is 0.000000423. The Kier molecular flexibility index (Phi) is 8.38. The second-order valence-electron chi connectivity index (χ2n) is 5.35. The van der Waals surface area contributed by atoms with Gasteiger partial charge in [-0.25, -0.2) is 0 Å². The highest BCUT2D eigenvalue weighted by Crippen LogP contribution is 2.33. The molecule has 0 bridgehead atoms. The molecular weight excluding hydrogens is 351 g/mol. The molecule has 0 amide bonds. The van der Waals surface area contributed by atoms with E-state index >= 15 is 0 Å². The average Bonchev–Trinajstić information content (AvgIpc) is 2.84. The van der Waals surface area contributed by atoms with E-state index < -0.39 is 21.5 Å². The van der Waals surface area contributed by atoms with Crippen LogP contribution in [0.3, 0.4) is 0 Å². The van der Waals surface area contributed by atoms with Gasteiger partial charge in [0, 0.05) is 19.4 Å². The van der Waals surface area contributed by atoms with E-state index in [4.69, 9.17) is 4.74 Å². The number of hydrogen-bond donors (Lipinski definition) is 0. The maximum Gasteiger partial charge on any atom is 0.616 e. The highest BCUT2D eigenvalue weighted by molar-refractivity contribution is 8.20. The molecule has 0 radical (unpaired) electrons. The van der Waals surface area contributed by atoms with Crippen LogP contribution in [-0.4, -0.2) is 57.6 Å². The molecule has 1 aliphatic rings. The van der Waals surface area contributed by atoms with E-state index in [0.29, 0.717) is 0 Å². The van der Waals surface area contributed by atoms with Crippen molar-refractivity contribution in [3.05, 3.63) is 0 Å². The standard InChI is InChI=1S/C10H22NO.CBF6O2S/c1-3-7-11(10-12-4-2)8-5-6-9-11;3-1(4,5)11(9,10)2(6,7)8/h3-10H2,1-2H3;/q+1;-1. The van der Waals surface area contributed by atoms with Crippen molar-refractivity contribution in [3.63, 3.8) is 0 Å². The zero-order chi connectivity index (χ0) is 18.4. The van der Waals surface area contributed by atoms with E-state index in [9.17, 15) is 34.5 Å². The summed E-state index contributed by atoms with van der Waals surface area (Å²) >= 11 is 0. The maximum absolute atomic E-state index is 11.1. The van der Waals surface area contributed by atoms with Gasteiger partial charge in [0.05, 0.1) is 19.6 Å². The molecule has 0 aromatic carbocycles. The van der Waals surface area contributed by atoms with Gasteiger partial charge in [-0.2, -0.15) is 13.2 Å². The summed E-state index contributed by atoms with van der Waals surface area (Å²) < 4.78 is 92.0. The van der Waals surface area contributed by atoms with Gasteiger partial charge in [-0.15, -0.1) is 0 Å². The summed E-state index contributed by atoms with van der Waals surface area (Å²) in [4.78, 5) is 0. The summed E-state index contributed by atoms with van der Waals surface area (Å²) in [6, 6.07) is 0. The predicted octanol–water partition coefficient (Wildman–Crippen LogP) is 3.27. The van der Waals surface area contributed by atoms with Crippen LogP contribution in [0.1, 0.15) is 33.1 Å². The van der Waals surface area contributed by atoms with Gasteiger partial charge in [0.15, 0.2) is 6.73 Å². The molecule has 0 spiro atoms. The molecule has 1 aliphatic heterocycles. The zero-order valence-electron chi connectivity index (χ0n) is 13.1. The van der Waals surface area contributed by atoms with Gasteiger partial charge in [-0.3, -0.25) is 8.42 Å². The van der Waals surface area contributed by atoms with Crippen molar-refractivity contribution >= 4 is 15.9 Å². The van der Waals surface area contributed by atoms with Gasteiger partial charge in [0.1, 0.15) is 0 Å². The van der Waals surface area contributed by atoms with Crippen molar-refractivity contribution in [3.8, 4) is 0 Å². The normalized spacial score (nSPS) is 18.4. The molecule has 0 aromatic heterocycles. The van der Waals surface area contributed by atoms with E-state index in [1.807, 2.05) is 0 Å². The number of nitrogens with zero attached hydrogens (tertiary/aromatic N) is 1. The number of hydrogen-bond acceptors (Lipinski definition) is 3. The lowest BCUT2D eigenvalue weighted by Crippen LogP contribution is -2.47. The lowest BCUT2D eigenvalue weighted by molar-refractivity contribution is -0.935. The van der Waals surface area contributed by atoms with Crippen LogP contribution in [0, 0.1) is 0 Å². The van der Waals surface area contributed by atoms with Gasteiger partial charge in [0.25, 0.3) is 0 Å². The van der Waals surface area contributed by atoms with Crippen LogP contribution in [0.4, 0.5) is 26.1 Å². The topological polar surface area (TPSA) is 43.4 Å². The highest BCUT2D eigenvalue weighted by Gasteiger charge is 2.58. The third-order valence-electron chi connectivity index (χ3n) is 3.46. The SMILES string of the molecule is CCC[N+]1(COCC)CCCC1.O=S(=O)([B-](F)(F)F)C(F)(F)F. The van der Waals surface area contributed by atoms with Crippen molar-refractivity contribution in [2.24, 2.45) is 0 Å². The smallest absolute Gasteiger partial charge is 0.436 e. The van der Waals surface area contributed by atoms with Gasteiger partial charge < -0.3 is 22.2 Å². The van der Waals surface area contributed by atoms with Crippen molar-refractivity contribution < 1.29 is 43.8 Å². The number of likely N-dealkylation sites (tertiary alicyclic amines) is 1. The van der Waals surface area contributed by atoms with E-state index in [-0.39, 0.29) is 0 Å². The molecule has 1 rings (SSSR count). The molecule has 1 fully saturated rings. The number of ether oxygens (including phenoxy) is 1. The number of alkyl halides is 3. The second kappa shape index (κ2) is 8.56. The van der Waals surface area contributed by atoms with E-state index in [1.54, 1.807) is 0 Å². The summed E-state index contributed by atoms with van der Waals surface area (Å²) in [5, 5.41) is 0. The van der Waals surface area contributed by atoms with Crippen molar-refractivity contribution in [2.45, 2.75) is 38.6 Å². The minimum Gasteiger partial charge on any atom is -0.436 e. The third kappa shape index (κ3) is 6.50. The summed E-state index contributed by atoms with van der Waals surface area (Å²) in [6.45, 7) is 10.2. The lowest BCUT2D eigenvalue weighted by Gasteiger charge is -2.33. The zero-order valence-corrected chi connectivity index (χ0v) is 13.9. The van der Waals surface area contributed by atoms with Crippen LogP contribution < -0.4 is 0 Å². The highest BCUT2D eigenvalue weighted by atomic mass is 32.2. The van der Waals surface area contributed by atoms with Gasteiger partial charge in [0.2, 0.25) is 9.69 Å². The van der Waals surface area contributed by atoms with Gasteiger partial charge in [-0.1, -0.05) is 6.92 Å².